The molecule has 1 aliphatic heterocycles. The highest BCUT2D eigenvalue weighted by atomic mass is 35.5. The van der Waals surface area contributed by atoms with Crippen LogP contribution in [0.1, 0.15) is 16.7 Å². The molecule has 0 saturated carbocycles. The van der Waals surface area contributed by atoms with Gasteiger partial charge in [-0.15, -0.1) is 0 Å². The summed E-state index contributed by atoms with van der Waals surface area (Å²) < 4.78 is 21.9. The average molecular weight is 537 g/mol. The number of barbiturate groups is 1. The summed E-state index contributed by atoms with van der Waals surface area (Å²) in [6.45, 7) is 2.23. The lowest BCUT2D eigenvalue weighted by molar-refractivity contribution is -0.122. The number of halogens is 1. The van der Waals surface area contributed by atoms with Crippen LogP contribution in [0.5, 0.6) is 23.0 Å². The zero-order valence-corrected chi connectivity index (χ0v) is 21.9. The molecule has 1 saturated heterocycles. The molecule has 9 nitrogen and oxygen atoms in total. The van der Waals surface area contributed by atoms with Crippen molar-refractivity contribution < 1.29 is 33.3 Å². The summed E-state index contributed by atoms with van der Waals surface area (Å²) in [5.41, 5.74) is 2.24. The number of aryl methyl sites for hydroxylation is 1. The van der Waals surface area contributed by atoms with Gasteiger partial charge < -0.3 is 18.9 Å². The third-order valence-electron chi connectivity index (χ3n) is 5.79. The first-order chi connectivity index (χ1) is 18.2. The van der Waals surface area contributed by atoms with E-state index in [4.69, 9.17) is 30.5 Å². The summed E-state index contributed by atoms with van der Waals surface area (Å²) in [5, 5.41) is 2.42. The van der Waals surface area contributed by atoms with E-state index in [0.29, 0.717) is 17.1 Å². The van der Waals surface area contributed by atoms with E-state index in [2.05, 4.69) is 5.32 Å². The summed E-state index contributed by atoms with van der Waals surface area (Å²) in [4.78, 5) is 39.9. The van der Waals surface area contributed by atoms with E-state index in [1.165, 1.54) is 39.5 Å². The molecule has 4 amide bonds. The van der Waals surface area contributed by atoms with Crippen molar-refractivity contribution in [1.29, 1.82) is 0 Å². The first-order valence-corrected chi connectivity index (χ1v) is 11.8. The highest BCUT2D eigenvalue weighted by Crippen LogP contribution is 2.39. The second-order valence-corrected chi connectivity index (χ2v) is 8.71. The van der Waals surface area contributed by atoms with Gasteiger partial charge in [0, 0.05) is 23.8 Å². The van der Waals surface area contributed by atoms with Crippen LogP contribution >= 0.6 is 11.6 Å². The number of hydrogen-bond acceptors (Lipinski definition) is 7. The minimum atomic E-state index is -0.939. The number of imide groups is 2. The van der Waals surface area contributed by atoms with E-state index in [0.717, 1.165) is 16.0 Å². The van der Waals surface area contributed by atoms with Gasteiger partial charge in [0.2, 0.25) is 0 Å². The lowest BCUT2D eigenvalue weighted by atomic mass is 10.1. The number of anilines is 1. The Morgan fingerprint density at radius 3 is 2.34 bits per heavy atom. The maximum Gasteiger partial charge on any atom is 0.336 e. The molecule has 0 radical (unpaired) electrons. The minimum Gasteiger partial charge on any atom is -0.497 e. The molecule has 38 heavy (non-hydrogen) atoms. The molecule has 4 rings (SSSR count). The molecule has 1 aliphatic rings. The quantitative estimate of drug-likeness (QED) is 0.322. The van der Waals surface area contributed by atoms with Gasteiger partial charge in [-0.1, -0.05) is 41.4 Å². The second kappa shape index (κ2) is 11.3. The van der Waals surface area contributed by atoms with Crippen LogP contribution in [0.3, 0.4) is 0 Å². The van der Waals surface area contributed by atoms with E-state index in [9.17, 15) is 14.4 Å². The Bertz CT molecular complexity index is 1450. The second-order valence-electron chi connectivity index (χ2n) is 8.30. The predicted molar refractivity (Wildman–Crippen MR) is 142 cm³/mol. The molecule has 1 fully saturated rings. The first kappa shape index (κ1) is 26.6. The number of urea groups is 1. The molecule has 1 heterocycles. The van der Waals surface area contributed by atoms with Gasteiger partial charge in [-0.3, -0.25) is 14.9 Å². The van der Waals surface area contributed by atoms with E-state index < -0.39 is 17.8 Å². The number of methoxy groups -OCH3 is 3. The summed E-state index contributed by atoms with van der Waals surface area (Å²) in [6, 6.07) is 14.7. The van der Waals surface area contributed by atoms with Gasteiger partial charge in [-0.25, -0.2) is 9.69 Å². The van der Waals surface area contributed by atoms with Crippen molar-refractivity contribution >= 4 is 41.2 Å². The van der Waals surface area contributed by atoms with Crippen LogP contribution in [0, 0.1) is 6.92 Å². The molecule has 3 aromatic rings. The molecule has 0 aromatic heterocycles. The smallest absolute Gasteiger partial charge is 0.336 e. The molecule has 10 heteroatoms. The number of nitrogens with one attached hydrogen (secondary N) is 1. The van der Waals surface area contributed by atoms with Crippen molar-refractivity contribution in [2.24, 2.45) is 0 Å². The maximum atomic E-state index is 13.5. The van der Waals surface area contributed by atoms with Gasteiger partial charge in [0.05, 0.1) is 32.0 Å². The Hall–Kier alpha value is -4.50. The fraction of sp³-hybridized carbons (Fsp3) is 0.179. The molecule has 196 valence electrons. The summed E-state index contributed by atoms with van der Waals surface area (Å²) in [6.07, 6.45) is 1.36. The van der Waals surface area contributed by atoms with Crippen molar-refractivity contribution in [1.82, 2.24) is 5.32 Å². The van der Waals surface area contributed by atoms with Crippen molar-refractivity contribution in [3.8, 4) is 23.0 Å². The third-order valence-corrected chi connectivity index (χ3v) is 6.09. The van der Waals surface area contributed by atoms with Crippen LogP contribution in [0.2, 0.25) is 5.02 Å². The van der Waals surface area contributed by atoms with E-state index in [1.54, 1.807) is 18.2 Å². The SMILES string of the molecule is COc1ccc(/C=C2\C(=O)NC(=O)N(c3cc(OC)c(Cl)cc3OC)C2=O)c(OCc2cccc(C)c2)c1. The van der Waals surface area contributed by atoms with Crippen molar-refractivity contribution in [2.45, 2.75) is 13.5 Å². The lowest BCUT2D eigenvalue weighted by Gasteiger charge is -2.28. The highest BCUT2D eigenvalue weighted by Gasteiger charge is 2.39. The zero-order valence-electron chi connectivity index (χ0n) is 21.2. The van der Waals surface area contributed by atoms with Crippen LogP contribution in [0.15, 0.2) is 60.2 Å². The van der Waals surface area contributed by atoms with Gasteiger partial charge >= 0.3 is 6.03 Å². The fourth-order valence-electron chi connectivity index (χ4n) is 3.90. The Kier molecular flexibility index (Phi) is 7.87. The van der Waals surface area contributed by atoms with Gasteiger partial charge in [0.25, 0.3) is 11.8 Å². The number of ether oxygens (including phenoxy) is 4. The standard InChI is InChI=1S/C28H25ClN2O7/c1-16-6-5-7-17(10-16)15-38-23-12-19(35-2)9-8-18(23)11-20-26(32)30-28(34)31(27(20)33)22-14-24(36-3)21(29)13-25(22)37-4/h5-14H,15H2,1-4H3,(H,30,32,34)/b20-11+. The molecule has 1 N–H and O–H groups in total. The monoisotopic (exact) mass is 536 g/mol. The average Bonchev–Trinajstić information content (AvgIpc) is 2.90. The molecule has 0 unspecified atom stereocenters. The normalized spacial score (nSPS) is 14.4. The van der Waals surface area contributed by atoms with E-state index in [-0.39, 0.29) is 34.4 Å². The van der Waals surface area contributed by atoms with E-state index >= 15 is 0 Å². The number of carbonyl (C=O) groups excluding carboxylic acids is 3. The van der Waals surface area contributed by atoms with Gasteiger partial charge in [-0.2, -0.15) is 0 Å². The summed E-state index contributed by atoms with van der Waals surface area (Å²) >= 11 is 6.18. The number of amides is 4. The Labute approximate surface area is 224 Å². The zero-order chi connectivity index (χ0) is 27.4. The fourth-order valence-corrected chi connectivity index (χ4v) is 4.13. The van der Waals surface area contributed by atoms with Gasteiger partial charge in [0.1, 0.15) is 35.2 Å². The number of hydrogen-bond donors (Lipinski definition) is 1. The molecule has 3 aromatic carbocycles. The molecule has 0 aliphatic carbocycles. The Morgan fingerprint density at radius 2 is 1.66 bits per heavy atom. The number of nitrogens with zero attached hydrogens (tertiary/aromatic N) is 1. The molecule has 0 bridgehead atoms. The third kappa shape index (κ3) is 5.42. The molecule has 0 spiro atoms. The highest BCUT2D eigenvalue weighted by molar-refractivity contribution is 6.39. The lowest BCUT2D eigenvalue weighted by Crippen LogP contribution is -2.54. The number of carbonyl (C=O) groups is 3. The number of benzene rings is 3. The van der Waals surface area contributed by atoms with Crippen LogP contribution in [-0.2, 0) is 16.2 Å². The Morgan fingerprint density at radius 1 is 0.895 bits per heavy atom. The largest absolute Gasteiger partial charge is 0.497 e. The minimum absolute atomic E-state index is 0.0558. The van der Waals surface area contributed by atoms with Gasteiger partial charge in [-0.05, 0) is 30.7 Å². The predicted octanol–water partition coefficient (Wildman–Crippen LogP) is 4.92. The van der Waals surface area contributed by atoms with Crippen LogP contribution in [0.25, 0.3) is 6.08 Å². The van der Waals surface area contributed by atoms with Gasteiger partial charge in [0.15, 0.2) is 0 Å². The Balaban J connectivity index is 1.74. The first-order valence-electron chi connectivity index (χ1n) is 11.4. The maximum absolute atomic E-state index is 13.5. The van der Waals surface area contributed by atoms with E-state index in [1.807, 2.05) is 31.2 Å². The van der Waals surface area contributed by atoms with Crippen molar-refractivity contribution in [3.63, 3.8) is 0 Å². The summed E-state index contributed by atoms with van der Waals surface area (Å²) in [5.74, 6) is -0.445. The molecular formula is C28H25ClN2O7. The summed E-state index contributed by atoms with van der Waals surface area (Å²) in [7, 11) is 4.28. The van der Waals surface area contributed by atoms with Crippen molar-refractivity contribution in [3.05, 3.63) is 81.9 Å². The van der Waals surface area contributed by atoms with Crippen LogP contribution < -0.4 is 29.2 Å². The molecule has 0 atom stereocenters. The van der Waals surface area contributed by atoms with Crippen molar-refractivity contribution in [2.75, 3.05) is 26.2 Å². The van der Waals surface area contributed by atoms with Crippen LogP contribution in [0.4, 0.5) is 10.5 Å². The topological polar surface area (TPSA) is 103 Å². The molecular weight excluding hydrogens is 512 g/mol. The van der Waals surface area contributed by atoms with Crippen LogP contribution in [-0.4, -0.2) is 39.2 Å². The number of rotatable bonds is 8.